The molecule has 4 heteroatoms. The highest BCUT2D eigenvalue weighted by Gasteiger charge is 2.10. The van der Waals surface area contributed by atoms with Gasteiger partial charge < -0.3 is 4.98 Å². The van der Waals surface area contributed by atoms with Crippen molar-refractivity contribution in [3.63, 3.8) is 0 Å². The SMILES string of the molecule is CCCc1ccccc1-n1c(=S)[nH]c2ccc(F)cc21. The predicted molar refractivity (Wildman–Crippen MR) is 82.4 cm³/mol. The van der Waals surface area contributed by atoms with Crippen molar-refractivity contribution in [2.75, 3.05) is 0 Å². The first-order valence-electron chi connectivity index (χ1n) is 6.69. The van der Waals surface area contributed by atoms with Gasteiger partial charge in [-0.05, 0) is 42.4 Å². The number of benzene rings is 2. The van der Waals surface area contributed by atoms with Crippen molar-refractivity contribution < 1.29 is 4.39 Å². The Kier molecular flexibility index (Phi) is 3.40. The van der Waals surface area contributed by atoms with Crippen LogP contribution in [0.2, 0.25) is 0 Å². The van der Waals surface area contributed by atoms with Crippen LogP contribution >= 0.6 is 12.2 Å². The molecule has 3 rings (SSSR count). The number of imidazole rings is 1. The van der Waals surface area contributed by atoms with Gasteiger partial charge in [-0.25, -0.2) is 4.39 Å². The summed E-state index contributed by atoms with van der Waals surface area (Å²) in [6, 6.07) is 12.8. The zero-order chi connectivity index (χ0) is 14.1. The van der Waals surface area contributed by atoms with Gasteiger partial charge in [0.1, 0.15) is 5.82 Å². The third-order valence-corrected chi connectivity index (χ3v) is 3.68. The van der Waals surface area contributed by atoms with Gasteiger partial charge >= 0.3 is 0 Å². The molecule has 0 aliphatic rings. The lowest BCUT2D eigenvalue weighted by Gasteiger charge is -2.10. The topological polar surface area (TPSA) is 20.7 Å². The highest BCUT2D eigenvalue weighted by Crippen LogP contribution is 2.23. The van der Waals surface area contributed by atoms with Crippen LogP contribution in [0, 0.1) is 10.6 Å². The van der Waals surface area contributed by atoms with Gasteiger partial charge in [0, 0.05) is 6.07 Å². The number of fused-ring (bicyclic) bond motifs is 1. The molecule has 1 aromatic heterocycles. The second-order valence-electron chi connectivity index (χ2n) is 4.81. The average Bonchev–Trinajstić information content (AvgIpc) is 2.75. The molecule has 0 unspecified atom stereocenters. The summed E-state index contributed by atoms with van der Waals surface area (Å²) in [7, 11) is 0. The quantitative estimate of drug-likeness (QED) is 0.687. The van der Waals surface area contributed by atoms with E-state index < -0.39 is 0 Å². The summed E-state index contributed by atoms with van der Waals surface area (Å²) in [6.07, 6.45) is 2.03. The minimum absolute atomic E-state index is 0.256. The summed E-state index contributed by atoms with van der Waals surface area (Å²) >= 11 is 5.41. The van der Waals surface area contributed by atoms with Crippen molar-refractivity contribution in [3.8, 4) is 5.69 Å². The second-order valence-corrected chi connectivity index (χ2v) is 5.19. The minimum Gasteiger partial charge on any atom is -0.330 e. The number of hydrogen-bond acceptors (Lipinski definition) is 1. The zero-order valence-corrected chi connectivity index (χ0v) is 12.0. The molecule has 20 heavy (non-hydrogen) atoms. The molecular weight excluding hydrogens is 271 g/mol. The number of hydrogen-bond donors (Lipinski definition) is 1. The van der Waals surface area contributed by atoms with Crippen molar-refractivity contribution in [1.29, 1.82) is 0 Å². The van der Waals surface area contributed by atoms with E-state index in [0.29, 0.717) is 4.77 Å². The number of nitrogens with one attached hydrogen (secondary N) is 1. The number of aromatic amines is 1. The molecule has 0 amide bonds. The summed E-state index contributed by atoms with van der Waals surface area (Å²) in [4.78, 5) is 3.13. The fourth-order valence-corrected chi connectivity index (χ4v) is 2.83. The molecule has 0 atom stereocenters. The Morgan fingerprint density at radius 3 is 2.80 bits per heavy atom. The summed E-state index contributed by atoms with van der Waals surface area (Å²) < 4.78 is 16.0. The van der Waals surface area contributed by atoms with E-state index in [4.69, 9.17) is 12.2 Å². The lowest BCUT2D eigenvalue weighted by atomic mass is 10.1. The Bertz CT molecular complexity index is 817. The van der Waals surface area contributed by atoms with Gasteiger partial charge in [-0.15, -0.1) is 0 Å². The summed E-state index contributed by atoms with van der Waals surface area (Å²) in [6.45, 7) is 2.14. The van der Waals surface area contributed by atoms with E-state index in [1.165, 1.54) is 17.7 Å². The Morgan fingerprint density at radius 2 is 2.00 bits per heavy atom. The number of halogens is 1. The van der Waals surface area contributed by atoms with Gasteiger partial charge in [-0.3, -0.25) is 4.57 Å². The van der Waals surface area contributed by atoms with E-state index in [1.54, 1.807) is 6.07 Å². The van der Waals surface area contributed by atoms with Crippen molar-refractivity contribution in [1.82, 2.24) is 9.55 Å². The highest BCUT2D eigenvalue weighted by molar-refractivity contribution is 7.71. The molecule has 0 fully saturated rings. The molecule has 2 nitrogen and oxygen atoms in total. The van der Waals surface area contributed by atoms with Gasteiger partial charge in [-0.2, -0.15) is 0 Å². The Morgan fingerprint density at radius 1 is 1.20 bits per heavy atom. The van der Waals surface area contributed by atoms with Gasteiger partial charge in [0.25, 0.3) is 0 Å². The van der Waals surface area contributed by atoms with Crippen LogP contribution in [0.5, 0.6) is 0 Å². The summed E-state index contributed by atoms with van der Waals surface area (Å²) in [5.74, 6) is -0.256. The van der Waals surface area contributed by atoms with E-state index in [-0.39, 0.29) is 5.82 Å². The van der Waals surface area contributed by atoms with E-state index in [9.17, 15) is 4.39 Å². The lowest BCUT2D eigenvalue weighted by Crippen LogP contribution is -1.99. The first-order chi connectivity index (χ1) is 9.70. The fourth-order valence-electron chi connectivity index (χ4n) is 2.52. The van der Waals surface area contributed by atoms with Crippen molar-refractivity contribution in [2.45, 2.75) is 19.8 Å². The summed E-state index contributed by atoms with van der Waals surface area (Å²) in [5.41, 5.74) is 3.87. The first-order valence-corrected chi connectivity index (χ1v) is 7.10. The molecule has 1 N–H and O–H groups in total. The molecule has 102 valence electrons. The largest absolute Gasteiger partial charge is 0.330 e. The molecule has 3 aromatic rings. The maximum Gasteiger partial charge on any atom is 0.182 e. The number of para-hydroxylation sites is 1. The van der Waals surface area contributed by atoms with E-state index >= 15 is 0 Å². The maximum atomic E-state index is 13.5. The molecule has 0 saturated carbocycles. The van der Waals surface area contributed by atoms with E-state index in [0.717, 1.165) is 29.6 Å². The predicted octanol–water partition coefficient (Wildman–Crippen LogP) is 4.78. The number of aromatic nitrogens is 2. The number of nitrogens with zero attached hydrogens (tertiary/aromatic N) is 1. The molecular formula is C16H15FN2S. The molecule has 0 bridgehead atoms. The minimum atomic E-state index is -0.256. The lowest BCUT2D eigenvalue weighted by molar-refractivity contribution is 0.629. The number of aryl methyl sites for hydroxylation is 1. The van der Waals surface area contributed by atoms with E-state index in [2.05, 4.69) is 18.0 Å². The monoisotopic (exact) mass is 286 g/mol. The molecule has 0 radical (unpaired) electrons. The van der Waals surface area contributed by atoms with Crippen LogP contribution in [0.15, 0.2) is 42.5 Å². The van der Waals surface area contributed by atoms with Crippen LogP contribution in [-0.4, -0.2) is 9.55 Å². The van der Waals surface area contributed by atoms with Crippen molar-refractivity contribution in [2.24, 2.45) is 0 Å². The molecule has 0 spiro atoms. The van der Waals surface area contributed by atoms with Crippen LogP contribution in [0.4, 0.5) is 4.39 Å². The van der Waals surface area contributed by atoms with Crippen LogP contribution in [0.25, 0.3) is 16.7 Å². The van der Waals surface area contributed by atoms with Gasteiger partial charge in [-0.1, -0.05) is 31.5 Å². The normalized spacial score (nSPS) is 11.1. The standard InChI is InChI=1S/C16H15FN2S/c1-2-5-11-6-3-4-7-14(11)19-15-10-12(17)8-9-13(15)18-16(19)20/h3-4,6-10H,2,5H2,1H3,(H,18,20). The first kappa shape index (κ1) is 13.1. The maximum absolute atomic E-state index is 13.5. The van der Waals surface area contributed by atoms with Crippen LogP contribution in [-0.2, 0) is 6.42 Å². The third kappa shape index (κ3) is 2.16. The molecule has 0 aliphatic heterocycles. The second kappa shape index (κ2) is 5.21. The van der Waals surface area contributed by atoms with Crippen LogP contribution in [0.3, 0.4) is 0 Å². The fraction of sp³-hybridized carbons (Fsp3) is 0.188. The van der Waals surface area contributed by atoms with Crippen LogP contribution < -0.4 is 0 Å². The van der Waals surface area contributed by atoms with Crippen molar-refractivity contribution >= 4 is 23.3 Å². The Labute approximate surface area is 121 Å². The Balaban J connectivity index is 2.32. The Hall–Kier alpha value is -1.94. The molecule has 0 saturated heterocycles. The molecule has 0 aliphatic carbocycles. The molecule has 2 aromatic carbocycles. The summed E-state index contributed by atoms with van der Waals surface area (Å²) in [5, 5.41) is 0. The van der Waals surface area contributed by atoms with Gasteiger partial charge in [0.05, 0.1) is 16.7 Å². The van der Waals surface area contributed by atoms with Crippen LogP contribution in [0.1, 0.15) is 18.9 Å². The smallest absolute Gasteiger partial charge is 0.182 e. The van der Waals surface area contributed by atoms with Gasteiger partial charge in [0.2, 0.25) is 0 Å². The third-order valence-electron chi connectivity index (χ3n) is 3.40. The average molecular weight is 286 g/mol. The highest BCUT2D eigenvalue weighted by atomic mass is 32.1. The van der Waals surface area contributed by atoms with Gasteiger partial charge in [0.15, 0.2) is 4.77 Å². The van der Waals surface area contributed by atoms with Crippen molar-refractivity contribution in [3.05, 3.63) is 58.6 Å². The number of H-pyrrole nitrogens is 1. The molecule has 1 heterocycles. The number of rotatable bonds is 3. The zero-order valence-electron chi connectivity index (χ0n) is 11.2. The van der Waals surface area contributed by atoms with E-state index in [1.807, 2.05) is 22.8 Å².